The van der Waals surface area contributed by atoms with E-state index in [4.69, 9.17) is 37.4 Å². The number of aromatic nitrogens is 1. The van der Waals surface area contributed by atoms with Gasteiger partial charge in [-0.25, -0.2) is 0 Å². The summed E-state index contributed by atoms with van der Waals surface area (Å²) in [5.41, 5.74) is 0.988. The predicted molar refractivity (Wildman–Crippen MR) is 135 cm³/mol. The van der Waals surface area contributed by atoms with Crippen molar-refractivity contribution in [1.29, 1.82) is 0 Å². The molecule has 1 saturated heterocycles. The lowest BCUT2D eigenvalue weighted by Crippen LogP contribution is -2.29. The summed E-state index contributed by atoms with van der Waals surface area (Å²) in [4.78, 5) is 32.3. The molecule has 1 N–H and O–H groups in total. The highest BCUT2D eigenvalue weighted by Crippen LogP contribution is 2.47. The van der Waals surface area contributed by atoms with Crippen molar-refractivity contribution < 1.29 is 28.9 Å². The minimum Gasteiger partial charge on any atom is -0.507 e. The number of aliphatic hydroxyl groups is 1. The van der Waals surface area contributed by atoms with Crippen LogP contribution in [-0.4, -0.2) is 48.0 Å². The molecule has 0 aliphatic carbocycles. The summed E-state index contributed by atoms with van der Waals surface area (Å²) in [5, 5.41) is 11.5. The maximum atomic E-state index is 13.3. The first kappa shape index (κ1) is 25.3. The molecular weight excluding hydrogens is 507 g/mol. The summed E-state index contributed by atoms with van der Waals surface area (Å²) in [6.45, 7) is 0.0705. The number of methoxy groups -OCH3 is 3. The number of hydrogen-bond acceptors (Lipinski definition) is 7. The van der Waals surface area contributed by atoms with Crippen LogP contribution in [0.15, 0.2) is 60.3 Å². The molecule has 186 valence electrons. The predicted octanol–water partition coefficient (Wildman–Crippen LogP) is 5.04. The van der Waals surface area contributed by atoms with Gasteiger partial charge in [-0.3, -0.25) is 14.6 Å². The molecular formula is C26H22Cl2N2O6. The number of hydrogen-bond donors (Lipinski definition) is 1. The molecule has 10 heteroatoms. The summed E-state index contributed by atoms with van der Waals surface area (Å²) in [7, 11) is 4.28. The number of carbonyl (C=O) groups is 2. The van der Waals surface area contributed by atoms with E-state index < -0.39 is 23.5 Å². The molecule has 1 aromatic heterocycles. The Labute approximate surface area is 217 Å². The minimum absolute atomic E-state index is 0.00838. The third kappa shape index (κ3) is 4.45. The van der Waals surface area contributed by atoms with E-state index in [0.717, 1.165) is 5.56 Å². The third-order valence-electron chi connectivity index (χ3n) is 5.79. The van der Waals surface area contributed by atoms with Crippen molar-refractivity contribution in [2.24, 2.45) is 0 Å². The van der Waals surface area contributed by atoms with Gasteiger partial charge < -0.3 is 24.2 Å². The minimum atomic E-state index is -0.984. The zero-order valence-electron chi connectivity index (χ0n) is 19.6. The van der Waals surface area contributed by atoms with Crippen molar-refractivity contribution >= 4 is 40.7 Å². The molecule has 0 saturated carbocycles. The number of rotatable bonds is 7. The van der Waals surface area contributed by atoms with E-state index in [1.807, 2.05) is 6.07 Å². The van der Waals surface area contributed by atoms with Crippen molar-refractivity contribution in [3.05, 3.63) is 87.2 Å². The monoisotopic (exact) mass is 528 g/mol. The first-order chi connectivity index (χ1) is 17.3. The molecule has 1 fully saturated rings. The quantitative estimate of drug-likeness (QED) is 0.260. The number of benzene rings is 2. The zero-order chi connectivity index (χ0) is 26.0. The average Bonchev–Trinajstić information content (AvgIpc) is 3.13. The summed E-state index contributed by atoms with van der Waals surface area (Å²) >= 11 is 12.7. The molecule has 1 atom stereocenters. The fraction of sp³-hybridized carbons (Fsp3) is 0.192. The van der Waals surface area contributed by atoms with E-state index in [-0.39, 0.29) is 39.2 Å². The fourth-order valence-electron chi connectivity index (χ4n) is 4.15. The number of likely N-dealkylation sites (tertiary alicyclic amines) is 1. The van der Waals surface area contributed by atoms with Crippen molar-refractivity contribution in [3.63, 3.8) is 0 Å². The summed E-state index contributed by atoms with van der Waals surface area (Å²) in [6.07, 6.45) is 1.54. The zero-order valence-corrected chi connectivity index (χ0v) is 21.1. The van der Waals surface area contributed by atoms with Crippen LogP contribution < -0.4 is 14.2 Å². The fourth-order valence-corrected chi connectivity index (χ4v) is 4.83. The maximum Gasteiger partial charge on any atom is 0.296 e. The maximum absolute atomic E-state index is 13.3. The highest BCUT2D eigenvalue weighted by molar-refractivity contribution is 6.46. The molecule has 0 spiro atoms. The molecule has 1 aliphatic heterocycles. The molecule has 1 unspecified atom stereocenters. The first-order valence-electron chi connectivity index (χ1n) is 10.7. The van der Waals surface area contributed by atoms with E-state index in [1.165, 1.54) is 32.3 Å². The van der Waals surface area contributed by atoms with Crippen LogP contribution in [0.25, 0.3) is 5.76 Å². The smallest absolute Gasteiger partial charge is 0.296 e. The normalized spacial score (nSPS) is 16.8. The lowest BCUT2D eigenvalue weighted by Gasteiger charge is -2.25. The topological polar surface area (TPSA) is 98.2 Å². The highest BCUT2D eigenvalue weighted by atomic mass is 35.5. The van der Waals surface area contributed by atoms with E-state index in [0.29, 0.717) is 11.4 Å². The Hall–Kier alpha value is -3.75. The van der Waals surface area contributed by atoms with Gasteiger partial charge in [0.2, 0.25) is 0 Å². The Kier molecular flexibility index (Phi) is 7.37. The Morgan fingerprint density at radius 2 is 1.75 bits per heavy atom. The van der Waals surface area contributed by atoms with Crippen LogP contribution in [0.5, 0.6) is 17.2 Å². The van der Waals surface area contributed by atoms with Crippen LogP contribution in [0, 0.1) is 0 Å². The second kappa shape index (κ2) is 10.5. The van der Waals surface area contributed by atoms with Gasteiger partial charge >= 0.3 is 0 Å². The molecule has 3 aromatic rings. The average molecular weight is 529 g/mol. The summed E-state index contributed by atoms with van der Waals surface area (Å²) in [5.74, 6) is -1.39. The molecule has 8 nitrogen and oxygen atoms in total. The molecule has 36 heavy (non-hydrogen) atoms. The summed E-state index contributed by atoms with van der Waals surface area (Å²) in [6, 6.07) is 12.6. The Morgan fingerprint density at radius 3 is 2.39 bits per heavy atom. The second-order valence-electron chi connectivity index (χ2n) is 7.82. The summed E-state index contributed by atoms with van der Waals surface area (Å²) < 4.78 is 15.9. The van der Waals surface area contributed by atoms with Crippen molar-refractivity contribution in [3.8, 4) is 17.2 Å². The number of ether oxygens (including phenoxy) is 3. The van der Waals surface area contributed by atoms with Gasteiger partial charge in [0.15, 0.2) is 11.5 Å². The molecule has 1 amide bonds. The highest BCUT2D eigenvalue weighted by Gasteiger charge is 2.47. The van der Waals surface area contributed by atoms with Crippen molar-refractivity contribution in [1.82, 2.24) is 9.88 Å². The number of amides is 1. The standard InChI is InChI=1S/C26H22Cl2N2O6/c1-34-15-8-6-7-14(11-15)13-30-21(18-9-4-5-10-29-18)19(23(32)26(30)33)22(31)16-12-17(27)25(36-3)20(28)24(16)35-2/h4-12,21,31H,13H2,1-3H3/b22-19+. The van der Waals surface area contributed by atoms with E-state index in [2.05, 4.69) is 4.98 Å². The van der Waals surface area contributed by atoms with Gasteiger partial charge in [-0.15, -0.1) is 0 Å². The molecule has 2 heterocycles. The van der Waals surface area contributed by atoms with Gasteiger partial charge in [0.25, 0.3) is 11.7 Å². The lowest BCUT2D eigenvalue weighted by molar-refractivity contribution is -0.140. The Morgan fingerprint density at radius 1 is 1.00 bits per heavy atom. The number of pyridine rings is 1. The van der Waals surface area contributed by atoms with Gasteiger partial charge in [0.05, 0.1) is 43.2 Å². The van der Waals surface area contributed by atoms with Gasteiger partial charge in [-0.2, -0.15) is 0 Å². The van der Waals surface area contributed by atoms with Crippen molar-refractivity contribution in [2.45, 2.75) is 12.6 Å². The number of carbonyl (C=O) groups excluding carboxylic acids is 2. The van der Waals surface area contributed by atoms with Crippen LogP contribution in [-0.2, 0) is 16.1 Å². The van der Waals surface area contributed by atoms with Gasteiger partial charge in [0.1, 0.15) is 22.6 Å². The number of halogens is 2. The number of aliphatic hydroxyl groups excluding tert-OH is 1. The van der Waals surface area contributed by atoms with Crippen LogP contribution in [0.3, 0.4) is 0 Å². The van der Waals surface area contributed by atoms with Gasteiger partial charge in [-0.05, 0) is 35.9 Å². The molecule has 4 rings (SSSR count). The largest absolute Gasteiger partial charge is 0.507 e. The third-order valence-corrected chi connectivity index (χ3v) is 6.41. The first-order valence-corrected chi connectivity index (χ1v) is 11.5. The number of ketones is 1. The van der Waals surface area contributed by atoms with Crippen molar-refractivity contribution in [2.75, 3.05) is 21.3 Å². The number of Topliss-reactive ketones (excluding diaryl/α,β-unsaturated/α-hetero) is 1. The second-order valence-corrected chi connectivity index (χ2v) is 8.60. The van der Waals surface area contributed by atoms with E-state index in [1.54, 1.807) is 42.6 Å². The van der Waals surface area contributed by atoms with Gasteiger partial charge in [0, 0.05) is 12.7 Å². The number of nitrogens with zero attached hydrogens (tertiary/aromatic N) is 2. The lowest BCUT2D eigenvalue weighted by atomic mass is 9.97. The van der Waals surface area contributed by atoms with Gasteiger partial charge in [-0.1, -0.05) is 41.4 Å². The van der Waals surface area contributed by atoms with E-state index in [9.17, 15) is 14.7 Å². The van der Waals surface area contributed by atoms with Crippen LogP contribution >= 0.6 is 23.2 Å². The van der Waals surface area contributed by atoms with Crippen LogP contribution in [0.4, 0.5) is 0 Å². The molecule has 2 aromatic carbocycles. The molecule has 0 bridgehead atoms. The Bertz CT molecular complexity index is 1360. The molecule has 0 radical (unpaired) electrons. The van der Waals surface area contributed by atoms with E-state index >= 15 is 0 Å². The van der Waals surface area contributed by atoms with Crippen LogP contribution in [0.2, 0.25) is 10.0 Å². The SMILES string of the molecule is COc1cccc(CN2C(=O)C(=O)/C(=C(/O)c3cc(Cl)c(OC)c(Cl)c3OC)C2c2ccccn2)c1. The molecule has 1 aliphatic rings. The Balaban J connectivity index is 1.92. The van der Waals surface area contributed by atoms with Crippen LogP contribution in [0.1, 0.15) is 22.9 Å².